The van der Waals surface area contributed by atoms with E-state index in [1.54, 1.807) is 34.1 Å². The summed E-state index contributed by atoms with van der Waals surface area (Å²) in [5.74, 6) is 0.522. The van der Waals surface area contributed by atoms with Crippen molar-refractivity contribution in [3.63, 3.8) is 0 Å². The lowest BCUT2D eigenvalue weighted by Gasteiger charge is -2.35. The van der Waals surface area contributed by atoms with Gasteiger partial charge in [-0.25, -0.2) is 14.1 Å². The third-order valence-electron chi connectivity index (χ3n) is 4.56. The molecule has 4 rings (SSSR count). The van der Waals surface area contributed by atoms with E-state index in [9.17, 15) is 9.18 Å². The number of pyridine rings is 1. The number of anilines is 1. The molecule has 1 aromatic carbocycles. The summed E-state index contributed by atoms with van der Waals surface area (Å²) in [6.45, 7) is 3.12. The average molecular weight is 366 g/mol. The van der Waals surface area contributed by atoms with Crippen LogP contribution in [0, 0.1) is 5.82 Å². The van der Waals surface area contributed by atoms with E-state index >= 15 is 0 Å². The Kier molecular flexibility index (Phi) is 4.78. The number of benzene rings is 1. The molecule has 1 saturated heterocycles. The largest absolute Gasteiger partial charge is 0.353 e. The Morgan fingerprint density at radius 3 is 2.52 bits per heavy atom. The Labute approximate surface area is 156 Å². The molecule has 27 heavy (non-hydrogen) atoms. The van der Waals surface area contributed by atoms with Crippen LogP contribution in [-0.2, 0) is 6.54 Å². The first-order valence-electron chi connectivity index (χ1n) is 8.79. The number of halogens is 1. The van der Waals surface area contributed by atoms with Gasteiger partial charge in [0.15, 0.2) is 5.69 Å². The number of hydrogen-bond donors (Lipinski definition) is 0. The molecule has 1 aliphatic heterocycles. The molecule has 8 heteroatoms. The summed E-state index contributed by atoms with van der Waals surface area (Å²) < 4.78 is 14.6. The van der Waals surface area contributed by atoms with E-state index < -0.39 is 0 Å². The SMILES string of the molecule is O=C(c1cn(Cc2ccc(F)cc2)nn1)N1CCN(c2ccccn2)CC1. The van der Waals surface area contributed by atoms with Gasteiger partial charge in [0.1, 0.15) is 11.6 Å². The normalized spacial score (nSPS) is 14.4. The van der Waals surface area contributed by atoms with Crippen LogP contribution in [-0.4, -0.2) is 57.0 Å². The molecule has 138 valence electrons. The Hall–Kier alpha value is -3.29. The van der Waals surface area contributed by atoms with Gasteiger partial charge in [0, 0.05) is 32.4 Å². The minimum absolute atomic E-state index is 0.124. The van der Waals surface area contributed by atoms with Gasteiger partial charge in [-0.2, -0.15) is 0 Å². The lowest BCUT2D eigenvalue weighted by molar-refractivity contribution is 0.0740. The van der Waals surface area contributed by atoms with E-state index in [2.05, 4.69) is 20.2 Å². The van der Waals surface area contributed by atoms with E-state index in [1.807, 2.05) is 18.2 Å². The number of carbonyl (C=O) groups is 1. The number of amides is 1. The van der Waals surface area contributed by atoms with Gasteiger partial charge in [0.2, 0.25) is 0 Å². The van der Waals surface area contributed by atoms with E-state index in [1.165, 1.54) is 12.1 Å². The molecule has 1 amide bonds. The standard InChI is InChI=1S/C19H19FN6O/c20-16-6-4-15(5-7-16)13-26-14-17(22-23-26)19(27)25-11-9-24(10-12-25)18-3-1-2-8-21-18/h1-8,14H,9-13H2. The second kappa shape index (κ2) is 7.53. The minimum Gasteiger partial charge on any atom is -0.353 e. The molecule has 0 atom stereocenters. The summed E-state index contributed by atoms with van der Waals surface area (Å²) in [6, 6.07) is 12.0. The van der Waals surface area contributed by atoms with Crippen molar-refractivity contribution in [3.05, 3.63) is 71.9 Å². The maximum absolute atomic E-state index is 13.0. The number of rotatable bonds is 4. The van der Waals surface area contributed by atoms with Gasteiger partial charge in [-0.1, -0.05) is 23.4 Å². The van der Waals surface area contributed by atoms with Crippen molar-refractivity contribution in [2.45, 2.75) is 6.54 Å². The second-order valence-electron chi connectivity index (χ2n) is 6.40. The Balaban J connectivity index is 1.36. The van der Waals surface area contributed by atoms with Crippen LogP contribution < -0.4 is 4.90 Å². The fourth-order valence-electron chi connectivity index (χ4n) is 3.09. The number of nitrogens with zero attached hydrogens (tertiary/aromatic N) is 6. The zero-order valence-electron chi connectivity index (χ0n) is 14.7. The maximum Gasteiger partial charge on any atom is 0.276 e. The molecule has 3 aromatic rings. The van der Waals surface area contributed by atoms with Gasteiger partial charge in [0.05, 0.1) is 12.7 Å². The highest BCUT2D eigenvalue weighted by Crippen LogP contribution is 2.14. The number of aromatic nitrogens is 4. The highest BCUT2D eigenvalue weighted by molar-refractivity contribution is 5.92. The molecule has 0 spiro atoms. The third kappa shape index (κ3) is 3.94. The van der Waals surface area contributed by atoms with E-state index in [0.717, 1.165) is 24.5 Å². The molecule has 0 saturated carbocycles. The summed E-state index contributed by atoms with van der Waals surface area (Å²) in [5, 5.41) is 8.02. The maximum atomic E-state index is 13.0. The molecule has 0 N–H and O–H groups in total. The van der Waals surface area contributed by atoms with Crippen LogP contribution in [0.3, 0.4) is 0 Å². The molecule has 3 heterocycles. The van der Waals surface area contributed by atoms with Crippen LogP contribution in [0.4, 0.5) is 10.2 Å². The Morgan fingerprint density at radius 2 is 1.81 bits per heavy atom. The monoisotopic (exact) mass is 366 g/mol. The second-order valence-corrected chi connectivity index (χ2v) is 6.40. The van der Waals surface area contributed by atoms with Crippen LogP contribution in [0.5, 0.6) is 0 Å². The first kappa shape index (κ1) is 17.1. The third-order valence-corrected chi connectivity index (χ3v) is 4.56. The molecule has 2 aromatic heterocycles. The first-order valence-corrected chi connectivity index (χ1v) is 8.79. The van der Waals surface area contributed by atoms with Gasteiger partial charge in [-0.3, -0.25) is 4.79 Å². The summed E-state index contributed by atoms with van der Waals surface area (Å²) in [5.41, 5.74) is 1.22. The van der Waals surface area contributed by atoms with Gasteiger partial charge < -0.3 is 9.80 Å². The topological polar surface area (TPSA) is 67.2 Å². The van der Waals surface area contributed by atoms with Crippen LogP contribution in [0.2, 0.25) is 0 Å². The van der Waals surface area contributed by atoms with Crippen LogP contribution in [0.15, 0.2) is 54.9 Å². The van der Waals surface area contributed by atoms with Gasteiger partial charge in [0.25, 0.3) is 5.91 Å². The van der Waals surface area contributed by atoms with Gasteiger partial charge in [-0.15, -0.1) is 5.10 Å². The molecule has 1 fully saturated rings. The smallest absolute Gasteiger partial charge is 0.276 e. The van der Waals surface area contributed by atoms with Crippen molar-refractivity contribution < 1.29 is 9.18 Å². The average Bonchev–Trinajstić information content (AvgIpc) is 3.18. The van der Waals surface area contributed by atoms with Gasteiger partial charge >= 0.3 is 0 Å². The van der Waals surface area contributed by atoms with Gasteiger partial charge in [-0.05, 0) is 29.8 Å². The summed E-state index contributed by atoms with van der Waals surface area (Å²) in [7, 11) is 0. The molecule has 0 radical (unpaired) electrons. The predicted octanol–water partition coefficient (Wildman–Crippen LogP) is 1.82. The number of hydrogen-bond acceptors (Lipinski definition) is 5. The van der Waals surface area contributed by atoms with Crippen molar-refractivity contribution in [1.82, 2.24) is 24.9 Å². The number of carbonyl (C=O) groups excluding carboxylic acids is 1. The van der Waals surface area contributed by atoms with E-state index in [4.69, 9.17) is 0 Å². The molecule has 0 bridgehead atoms. The molecule has 0 aliphatic carbocycles. The summed E-state index contributed by atoms with van der Waals surface area (Å²) >= 11 is 0. The first-order chi connectivity index (χ1) is 13.2. The molecular formula is C19H19FN6O. The summed E-state index contributed by atoms with van der Waals surface area (Å²) in [6.07, 6.45) is 3.41. The predicted molar refractivity (Wildman–Crippen MR) is 97.9 cm³/mol. The van der Waals surface area contributed by atoms with Crippen molar-refractivity contribution >= 4 is 11.7 Å². The Morgan fingerprint density at radius 1 is 1.04 bits per heavy atom. The van der Waals surface area contributed by atoms with Crippen molar-refractivity contribution in [2.24, 2.45) is 0 Å². The lowest BCUT2D eigenvalue weighted by Crippen LogP contribution is -2.49. The Bertz CT molecular complexity index is 903. The zero-order valence-corrected chi connectivity index (χ0v) is 14.7. The van der Waals surface area contributed by atoms with Crippen LogP contribution >= 0.6 is 0 Å². The van der Waals surface area contributed by atoms with Crippen LogP contribution in [0.1, 0.15) is 16.1 Å². The lowest BCUT2D eigenvalue weighted by atomic mass is 10.2. The van der Waals surface area contributed by atoms with E-state index in [0.29, 0.717) is 25.3 Å². The molecular weight excluding hydrogens is 347 g/mol. The fourth-order valence-corrected chi connectivity index (χ4v) is 3.09. The molecule has 1 aliphatic rings. The summed E-state index contributed by atoms with van der Waals surface area (Å²) in [4.78, 5) is 21.0. The van der Waals surface area contributed by atoms with Crippen molar-refractivity contribution in [3.8, 4) is 0 Å². The number of piperazine rings is 1. The van der Waals surface area contributed by atoms with E-state index in [-0.39, 0.29) is 11.7 Å². The van der Waals surface area contributed by atoms with Crippen molar-refractivity contribution in [2.75, 3.05) is 31.1 Å². The fraction of sp³-hybridized carbons (Fsp3) is 0.263. The molecule has 0 unspecified atom stereocenters. The highest BCUT2D eigenvalue weighted by Gasteiger charge is 2.24. The van der Waals surface area contributed by atoms with Crippen molar-refractivity contribution in [1.29, 1.82) is 0 Å². The minimum atomic E-state index is -0.280. The highest BCUT2D eigenvalue weighted by atomic mass is 19.1. The quantitative estimate of drug-likeness (QED) is 0.705. The molecule has 7 nitrogen and oxygen atoms in total. The van der Waals surface area contributed by atoms with Crippen LogP contribution in [0.25, 0.3) is 0 Å². The zero-order chi connectivity index (χ0) is 18.6.